The number of aryl methyl sites for hydroxylation is 1. The molecule has 0 amide bonds. The Kier molecular flexibility index (Phi) is 5.28. The predicted molar refractivity (Wildman–Crippen MR) is 101 cm³/mol. The largest absolute Gasteiger partial charge is 0.356 e. The number of nitrogens with zero attached hydrogens (tertiary/aromatic N) is 5. The van der Waals surface area contributed by atoms with E-state index in [1.54, 1.807) is 0 Å². The zero-order chi connectivity index (χ0) is 17.0. The molecule has 0 atom stereocenters. The first kappa shape index (κ1) is 17.1. The molecule has 6 nitrogen and oxygen atoms in total. The third kappa shape index (κ3) is 4.01. The van der Waals surface area contributed by atoms with Gasteiger partial charge in [-0.05, 0) is 32.4 Å². The van der Waals surface area contributed by atoms with E-state index in [1.807, 2.05) is 43.2 Å². The summed E-state index contributed by atoms with van der Waals surface area (Å²) in [6.45, 7) is 7.58. The normalized spacial score (nSPS) is 18.1. The van der Waals surface area contributed by atoms with Crippen LogP contribution in [0, 0.1) is 0 Å². The Bertz CT molecular complexity index is 708. The van der Waals surface area contributed by atoms with Gasteiger partial charge in [-0.15, -0.1) is 10.2 Å². The highest BCUT2D eigenvalue weighted by Crippen LogP contribution is 2.29. The highest BCUT2D eigenvalue weighted by Gasteiger charge is 2.28. The maximum absolute atomic E-state index is 4.45. The summed E-state index contributed by atoms with van der Waals surface area (Å²) in [5.74, 6) is 3.17. The van der Waals surface area contributed by atoms with Crippen LogP contribution < -0.4 is 5.32 Å². The zero-order valence-electron chi connectivity index (χ0n) is 14.7. The summed E-state index contributed by atoms with van der Waals surface area (Å²) in [6, 6.07) is 5.97. The second kappa shape index (κ2) is 7.42. The van der Waals surface area contributed by atoms with Gasteiger partial charge in [0.2, 0.25) is 0 Å². The van der Waals surface area contributed by atoms with Gasteiger partial charge in [-0.2, -0.15) is 11.8 Å². The van der Waals surface area contributed by atoms with Gasteiger partial charge in [0.15, 0.2) is 11.6 Å². The Balaban J connectivity index is 1.50. The lowest BCUT2D eigenvalue weighted by molar-refractivity contribution is 0.375. The van der Waals surface area contributed by atoms with Crippen LogP contribution >= 0.6 is 11.8 Å². The molecule has 2 aromatic heterocycles. The summed E-state index contributed by atoms with van der Waals surface area (Å²) in [4.78, 5) is 6.81. The third-order valence-corrected chi connectivity index (χ3v) is 5.48. The number of aliphatic imine (C=N–C) groups is 1. The molecule has 3 heterocycles. The quantitative estimate of drug-likeness (QED) is 0.522. The monoisotopic (exact) mass is 346 g/mol. The number of rotatable bonds is 4. The van der Waals surface area contributed by atoms with Crippen molar-refractivity contribution in [1.29, 1.82) is 0 Å². The highest BCUT2D eigenvalue weighted by molar-refractivity contribution is 8.00. The van der Waals surface area contributed by atoms with E-state index >= 15 is 0 Å². The maximum Gasteiger partial charge on any atom is 0.193 e. The van der Waals surface area contributed by atoms with Gasteiger partial charge in [0.25, 0.3) is 0 Å². The first-order chi connectivity index (χ1) is 11.6. The minimum absolute atomic E-state index is 0.288. The van der Waals surface area contributed by atoms with Crippen LogP contribution in [0.5, 0.6) is 0 Å². The van der Waals surface area contributed by atoms with Gasteiger partial charge in [-0.3, -0.25) is 9.39 Å². The molecule has 0 aliphatic carbocycles. The van der Waals surface area contributed by atoms with Crippen molar-refractivity contribution in [3.05, 3.63) is 30.2 Å². The molecule has 1 aliphatic heterocycles. The average molecular weight is 347 g/mol. The van der Waals surface area contributed by atoms with Crippen molar-refractivity contribution in [3.8, 4) is 0 Å². The molecule has 0 spiro atoms. The molecule has 0 aromatic carbocycles. The van der Waals surface area contributed by atoms with E-state index in [2.05, 4.69) is 43.7 Å². The van der Waals surface area contributed by atoms with Gasteiger partial charge >= 0.3 is 0 Å². The first-order valence-corrected chi connectivity index (χ1v) is 9.46. The third-order valence-electron chi connectivity index (χ3n) is 4.18. The van der Waals surface area contributed by atoms with Crippen molar-refractivity contribution < 1.29 is 0 Å². The average Bonchev–Trinajstić information content (AvgIpc) is 2.97. The number of thioether (sulfide) groups is 1. The molecule has 24 heavy (non-hydrogen) atoms. The molecule has 1 N–H and O–H groups in total. The predicted octanol–water partition coefficient (Wildman–Crippen LogP) is 2.06. The molecular weight excluding hydrogens is 320 g/mol. The summed E-state index contributed by atoms with van der Waals surface area (Å²) in [6.07, 6.45) is 3.92. The van der Waals surface area contributed by atoms with Crippen LogP contribution in [0.25, 0.3) is 5.65 Å². The Morgan fingerprint density at radius 3 is 3.04 bits per heavy atom. The number of pyridine rings is 1. The Labute approximate surface area is 147 Å². The topological polar surface area (TPSA) is 57.8 Å². The van der Waals surface area contributed by atoms with Gasteiger partial charge in [0.1, 0.15) is 5.82 Å². The highest BCUT2D eigenvalue weighted by atomic mass is 32.2. The van der Waals surface area contributed by atoms with E-state index in [4.69, 9.17) is 0 Å². The number of guanidine groups is 1. The van der Waals surface area contributed by atoms with Crippen molar-refractivity contribution in [2.45, 2.75) is 31.4 Å². The van der Waals surface area contributed by atoms with Crippen molar-refractivity contribution >= 4 is 23.4 Å². The fraction of sp³-hybridized carbons (Fsp3) is 0.588. The maximum atomic E-state index is 4.45. The van der Waals surface area contributed by atoms with Gasteiger partial charge in [-0.1, -0.05) is 6.07 Å². The molecule has 2 aromatic rings. The zero-order valence-corrected chi connectivity index (χ0v) is 15.5. The molecule has 0 saturated carbocycles. The molecular formula is C17H26N6S. The molecule has 3 rings (SSSR count). The van der Waals surface area contributed by atoms with Crippen LogP contribution in [-0.2, 0) is 6.42 Å². The number of hydrogen-bond donors (Lipinski definition) is 1. The Morgan fingerprint density at radius 2 is 2.25 bits per heavy atom. The molecule has 130 valence electrons. The standard InChI is InChI=1S/C17H26N6S/c1-17(2)13-22(11-12-24-17)16(18-3)19-9-6-8-15-21-20-14-7-4-5-10-23(14)15/h4-5,7,10H,6,8-9,11-13H2,1-3H3,(H,18,19). The second-order valence-corrected chi connectivity index (χ2v) is 8.45. The summed E-state index contributed by atoms with van der Waals surface area (Å²) in [7, 11) is 1.86. The molecule has 7 heteroatoms. The SMILES string of the molecule is CN=C(NCCCc1nnc2ccccn12)N1CCSC(C)(C)C1. The van der Waals surface area contributed by atoms with Gasteiger partial charge < -0.3 is 10.2 Å². The molecule has 0 bridgehead atoms. The van der Waals surface area contributed by atoms with Gasteiger partial charge in [0.05, 0.1) is 0 Å². The number of aromatic nitrogens is 3. The van der Waals surface area contributed by atoms with Crippen molar-refractivity contribution in [3.63, 3.8) is 0 Å². The van der Waals surface area contributed by atoms with E-state index in [0.29, 0.717) is 0 Å². The molecule has 0 unspecified atom stereocenters. The first-order valence-electron chi connectivity index (χ1n) is 8.47. The van der Waals surface area contributed by atoms with Crippen LogP contribution in [0.1, 0.15) is 26.1 Å². The van der Waals surface area contributed by atoms with Crippen molar-refractivity contribution in [2.24, 2.45) is 4.99 Å². The molecule has 1 fully saturated rings. The van der Waals surface area contributed by atoms with Crippen molar-refractivity contribution in [1.82, 2.24) is 24.8 Å². The lowest BCUT2D eigenvalue weighted by Gasteiger charge is -2.39. The number of hydrogen-bond acceptors (Lipinski definition) is 4. The Hall–Kier alpha value is -1.76. The fourth-order valence-corrected chi connectivity index (χ4v) is 4.15. The van der Waals surface area contributed by atoms with Crippen LogP contribution in [-0.4, -0.2) is 62.6 Å². The minimum atomic E-state index is 0.288. The molecule has 1 aliphatic rings. The van der Waals surface area contributed by atoms with E-state index < -0.39 is 0 Å². The molecule has 0 radical (unpaired) electrons. The fourth-order valence-electron chi connectivity index (χ4n) is 3.04. The van der Waals surface area contributed by atoms with E-state index in [9.17, 15) is 0 Å². The van der Waals surface area contributed by atoms with E-state index in [1.165, 1.54) is 0 Å². The van der Waals surface area contributed by atoms with Crippen molar-refractivity contribution in [2.75, 3.05) is 32.4 Å². The number of nitrogens with one attached hydrogen (secondary N) is 1. The summed E-state index contributed by atoms with van der Waals surface area (Å²) >= 11 is 2.04. The van der Waals surface area contributed by atoms with Gasteiger partial charge in [0, 0.05) is 49.8 Å². The number of fused-ring (bicyclic) bond motifs is 1. The lowest BCUT2D eigenvalue weighted by Crippen LogP contribution is -2.51. The van der Waals surface area contributed by atoms with Crippen LogP contribution in [0.4, 0.5) is 0 Å². The van der Waals surface area contributed by atoms with Crippen LogP contribution in [0.15, 0.2) is 29.4 Å². The van der Waals surface area contributed by atoms with E-state index in [0.717, 1.165) is 55.7 Å². The lowest BCUT2D eigenvalue weighted by atomic mass is 10.2. The van der Waals surface area contributed by atoms with Crippen LogP contribution in [0.3, 0.4) is 0 Å². The van der Waals surface area contributed by atoms with Crippen LogP contribution in [0.2, 0.25) is 0 Å². The minimum Gasteiger partial charge on any atom is -0.356 e. The smallest absolute Gasteiger partial charge is 0.193 e. The summed E-state index contributed by atoms with van der Waals surface area (Å²) < 4.78 is 2.34. The summed E-state index contributed by atoms with van der Waals surface area (Å²) in [5.41, 5.74) is 0.907. The second-order valence-electron chi connectivity index (χ2n) is 6.65. The summed E-state index contributed by atoms with van der Waals surface area (Å²) in [5, 5.41) is 12.0. The van der Waals surface area contributed by atoms with E-state index in [-0.39, 0.29) is 4.75 Å². The Morgan fingerprint density at radius 1 is 1.38 bits per heavy atom. The van der Waals surface area contributed by atoms with Gasteiger partial charge in [-0.25, -0.2) is 0 Å². The molecule has 1 saturated heterocycles.